The molecule has 2 aliphatic rings. The number of esters is 1. The van der Waals surface area contributed by atoms with E-state index in [0.717, 1.165) is 0 Å². The first kappa shape index (κ1) is 14.2. The summed E-state index contributed by atoms with van der Waals surface area (Å²) >= 11 is 0. The van der Waals surface area contributed by atoms with E-state index in [1.54, 1.807) is 13.8 Å². The van der Waals surface area contributed by atoms with Gasteiger partial charge in [0.1, 0.15) is 17.3 Å². The van der Waals surface area contributed by atoms with Gasteiger partial charge in [0.15, 0.2) is 11.4 Å². The minimum absolute atomic E-state index is 0.0891. The van der Waals surface area contributed by atoms with Crippen molar-refractivity contribution in [3.05, 3.63) is 0 Å². The standard InChI is InChI=1S/C14H20O5/c1-7(2)9(15)8-5-6-13(3)11(17)14(4,10(8)16)19-12(13)18/h7-8,10,16H,5-6H2,1-4H3/t8-,10+,13-,14+/m0/s1. The fraction of sp³-hybridized carbons (Fsp3) is 0.786. The molecule has 1 N–H and O–H groups in total. The van der Waals surface area contributed by atoms with Gasteiger partial charge in [-0.1, -0.05) is 13.8 Å². The molecule has 1 aliphatic heterocycles. The molecule has 0 amide bonds. The van der Waals surface area contributed by atoms with Crippen LogP contribution in [0.3, 0.4) is 0 Å². The number of carbonyl (C=O) groups excluding carboxylic acids is 3. The van der Waals surface area contributed by atoms with E-state index in [2.05, 4.69) is 0 Å². The van der Waals surface area contributed by atoms with Gasteiger partial charge in [0, 0.05) is 11.8 Å². The second-order valence-electron chi connectivity index (χ2n) is 6.30. The van der Waals surface area contributed by atoms with E-state index in [9.17, 15) is 19.5 Å². The molecule has 1 saturated heterocycles. The summed E-state index contributed by atoms with van der Waals surface area (Å²) in [5.74, 6) is -1.96. The van der Waals surface area contributed by atoms with E-state index in [-0.39, 0.29) is 18.1 Å². The lowest BCUT2D eigenvalue weighted by Crippen LogP contribution is -2.51. The number of aliphatic hydroxyl groups excluding tert-OH is 1. The molecule has 0 spiro atoms. The summed E-state index contributed by atoms with van der Waals surface area (Å²) in [6.07, 6.45) is -0.672. The number of Topliss-reactive ketones (excluding diaryl/α,β-unsaturated/α-hetero) is 2. The van der Waals surface area contributed by atoms with Crippen molar-refractivity contribution in [2.75, 3.05) is 0 Å². The molecule has 4 atom stereocenters. The number of fused-ring (bicyclic) bond motifs is 2. The van der Waals surface area contributed by atoms with Crippen molar-refractivity contribution in [1.29, 1.82) is 0 Å². The van der Waals surface area contributed by atoms with Crippen LogP contribution in [0.1, 0.15) is 40.5 Å². The second kappa shape index (κ2) is 4.13. The molecule has 1 aliphatic carbocycles. The van der Waals surface area contributed by atoms with Crippen LogP contribution < -0.4 is 0 Å². The van der Waals surface area contributed by atoms with E-state index in [4.69, 9.17) is 4.74 Å². The summed E-state index contributed by atoms with van der Waals surface area (Å²) in [5, 5.41) is 10.4. The summed E-state index contributed by atoms with van der Waals surface area (Å²) in [5.41, 5.74) is -2.81. The van der Waals surface area contributed by atoms with Crippen molar-refractivity contribution in [2.45, 2.75) is 52.2 Å². The molecule has 106 valence electrons. The van der Waals surface area contributed by atoms with Gasteiger partial charge >= 0.3 is 5.97 Å². The highest BCUT2D eigenvalue weighted by molar-refractivity contribution is 6.13. The zero-order chi connectivity index (χ0) is 14.6. The van der Waals surface area contributed by atoms with E-state index in [1.807, 2.05) is 0 Å². The Hall–Kier alpha value is -1.23. The van der Waals surface area contributed by atoms with E-state index in [0.29, 0.717) is 6.42 Å². The minimum atomic E-state index is -1.59. The Morgan fingerprint density at radius 1 is 1.37 bits per heavy atom. The molecule has 2 bridgehead atoms. The largest absolute Gasteiger partial charge is 0.448 e. The maximum absolute atomic E-state index is 12.4. The van der Waals surface area contributed by atoms with Crippen LogP contribution in [0.4, 0.5) is 0 Å². The summed E-state index contributed by atoms with van der Waals surface area (Å²) in [4.78, 5) is 36.4. The Kier molecular flexibility index (Phi) is 3.08. The molecule has 0 aromatic rings. The van der Waals surface area contributed by atoms with Crippen LogP contribution in [0, 0.1) is 17.3 Å². The maximum Gasteiger partial charge on any atom is 0.320 e. The van der Waals surface area contributed by atoms with Crippen LogP contribution in [0.2, 0.25) is 0 Å². The predicted molar refractivity (Wildman–Crippen MR) is 66.2 cm³/mol. The van der Waals surface area contributed by atoms with Gasteiger partial charge in [-0.15, -0.1) is 0 Å². The van der Waals surface area contributed by atoms with Crippen molar-refractivity contribution in [2.24, 2.45) is 17.3 Å². The molecule has 1 saturated carbocycles. The molecular weight excluding hydrogens is 248 g/mol. The highest BCUT2D eigenvalue weighted by Gasteiger charge is 2.66. The first-order chi connectivity index (χ1) is 8.64. The van der Waals surface area contributed by atoms with Gasteiger partial charge in [-0.25, -0.2) is 0 Å². The third-order valence-electron chi connectivity index (χ3n) is 4.54. The van der Waals surface area contributed by atoms with Gasteiger partial charge in [0.05, 0.1) is 0 Å². The Morgan fingerprint density at radius 2 is 1.95 bits per heavy atom. The second-order valence-corrected chi connectivity index (χ2v) is 6.30. The molecule has 0 aromatic carbocycles. The summed E-state index contributed by atoms with van der Waals surface area (Å²) in [6, 6.07) is 0. The zero-order valence-electron chi connectivity index (χ0n) is 11.7. The van der Waals surface area contributed by atoms with Crippen LogP contribution >= 0.6 is 0 Å². The van der Waals surface area contributed by atoms with Crippen LogP contribution in [0.5, 0.6) is 0 Å². The zero-order valence-corrected chi connectivity index (χ0v) is 11.7. The van der Waals surface area contributed by atoms with Gasteiger partial charge in [-0.3, -0.25) is 14.4 Å². The van der Waals surface area contributed by atoms with Crippen molar-refractivity contribution < 1.29 is 24.2 Å². The van der Waals surface area contributed by atoms with Crippen LogP contribution in [-0.2, 0) is 19.1 Å². The monoisotopic (exact) mass is 268 g/mol. The fourth-order valence-corrected chi connectivity index (χ4v) is 3.11. The average Bonchev–Trinajstić information content (AvgIpc) is 2.47. The third kappa shape index (κ3) is 1.75. The molecular formula is C14H20O5. The van der Waals surface area contributed by atoms with E-state index < -0.39 is 34.8 Å². The lowest BCUT2D eigenvalue weighted by Gasteiger charge is -2.32. The summed E-state index contributed by atoms with van der Waals surface area (Å²) in [7, 11) is 0. The van der Waals surface area contributed by atoms with E-state index in [1.165, 1.54) is 13.8 Å². The highest BCUT2D eigenvalue weighted by atomic mass is 16.6. The fourth-order valence-electron chi connectivity index (χ4n) is 3.11. The van der Waals surface area contributed by atoms with Crippen molar-refractivity contribution in [1.82, 2.24) is 0 Å². The number of ketones is 2. The normalized spacial score (nSPS) is 42.2. The maximum atomic E-state index is 12.4. The summed E-state index contributed by atoms with van der Waals surface area (Å²) in [6.45, 7) is 6.47. The average molecular weight is 268 g/mol. The van der Waals surface area contributed by atoms with Crippen molar-refractivity contribution in [3.63, 3.8) is 0 Å². The van der Waals surface area contributed by atoms with Gasteiger partial charge < -0.3 is 9.84 Å². The summed E-state index contributed by atoms with van der Waals surface area (Å²) < 4.78 is 5.15. The van der Waals surface area contributed by atoms with Crippen LogP contribution in [-0.4, -0.2) is 34.3 Å². The Balaban J connectivity index is 2.43. The molecule has 1 heterocycles. The van der Waals surface area contributed by atoms with Gasteiger partial charge in [-0.05, 0) is 26.7 Å². The first-order valence-corrected chi connectivity index (χ1v) is 6.64. The Bertz CT molecular complexity index is 455. The lowest BCUT2D eigenvalue weighted by molar-refractivity contribution is -0.170. The molecule has 5 nitrogen and oxygen atoms in total. The molecule has 0 aromatic heterocycles. The number of aliphatic hydroxyl groups is 1. The number of carbonyl (C=O) groups is 3. The number of rotatable bonds is 2. The molecule has 2 rings (SSSR count). The van der Waals surface area contributed by atoms with Crippen molar-refractivity contribution >= 4 is 17.5 Å². The highest BCUT2D eigenvalue weighted by Crippen LogP contribution is 2.48. The number of ether oxygens (including phenoxy) is 1. The predicted octanol–water partition coefficient (Wildman–Crippen LogP) is 0.873. The first-order valence-electron chi connectivity index (χ1n) is 6.64. The third-order valence-corrected chi connectivity index (χ3v) is 4.54. The molecule has 19 heavy (non-hydrogen) atoms. The smallest absolute Gasteiger partial charge is 0.320 e. The molecule has 0 radical (unpaired) electrons. The Morgan fingerprint density at radius 3 is 2.47 bits per heavy atom. The number of hydrogen-bond donors (Lipinski definition) is 1. The number of hydrogen-bond acceptors (Lipinski definition) is 5. The SMILES string of the molecule is CC(C)C(=O)[C@@H]1CC[C@]2(C)C(=O)O[C@@](C)(C2=O)[C@@H]1O. The molecule has 0 unspecified atom stereocenters. The van der Waals surface area contributed by atoms with E-state index >= 15 is 0 Å². The quantitative estimate of drug-likeness (QED) is 0.594. The van der Waals surface area contributed by atoms with Crippen LogP contribution in [0.15, 0.2) is 0 Å². The van der Waals surface area contributed by atoms with Gasteiger partial charge in [0.2, 0.25) is 0 Å². The topological polar surface area (TPSA) is 80.7 Å². The molecule has 2 fully saturated rings. The van der Waals surface area contributed by atoms with Crippen LogP contribution in [0.25, 0.3) is 0 Å². The Labute approximate surface area is 112 Å². The van der Waals surface area contributed by atoms with Crippen molar-refractivity contribution in [3.8, 4) is 0 Å². The van der Waals surface area contributed by atoms with Gasteiger partial charge in [-0.2, -0.15) is 0 Å². The minimum Gasteiger partial charge on any atom is -0.448 e. The van der Waals surface area contributed by atoms with Gasteiger partial charge in [0.25, 0.3) is 0 Å². The molecule has 5 heteroatoms. The lowest BCUT2D eigenvalue weighted by atomic mass is 9.79.